The van der Waals surface area contributed by atoms with Gasteiger partial charge in [-0.3, -0.25) is 4.99 Å². The third kappa shape index (κ3) is 3.88. The second-order valence-corrected chi connectivity index (χ2v) is 3.56. The van der Waals surface area contributed by atoms with Crippen molar-refractivity contribution in [2.24, 2.45) is 4.99 Å². The van der Waals surface area contributed by atoms with Crippen LogP contribution in [0.25, 0.3) is 16.6 Å². The third-order valence-electron chi connectivity index (χ3n) is 2.40. The lowest BCUT2D eigenvalue weighted by molar-refractivity contribution is 1.32. The molecule has 1 heterocycles. The topological polar surface area (TPSA) is 25.2 Å². The van der Waals surface area contributed by atoms with Gasteiger partial charge in [-0.25, -0.2) is 4.98 Å². The van der Waals surface area contributed by atoms with Crippen molar-refractivity contribution in [1.82, 2.24) is 4.98 Å². The van der Waals surface area contributed by atoms with E-state index in [1.807, 2.05) is 57.2 Å². The Balaban J connectivity index is 0.000000861. The highest BCUT2D eigenvalue weighted by atomic mass is 14.8. The molecule has 0 radical (unpaired) electrons. The lowest BCUT2D eigenvalue weighted by Crippen LogP contribution is -1.88. The highest BCUT2D eigenvalue weighted by Gasteiger charge is 2.01. The number of para-hydroxylation sites is 1. The van der Waals surface area contributed by atoms with E-state index in [0.717, 1.165) is 22.3 Å². The van der Waals surface area contributed by atoms with Gasteiger partial charge in [0.25, 0.3) is 0 Å². The van der Waals surface area contributed by atoms with Gasteiger partial charge in [-0.05, 0) is 25.1 Å². The maximum Gasteiger partial charge on any atom is 0.0893 e. The van der Waals surface area contributed by atoms with Crippen LogP contribution in [-0.2, 0) is 0 Å². The van der Waals surface area contributed by atoms with Crippen LogP contribution in [0.2, 0.25) is 0 Å². The molecule has 2 nitrogen and oxygen atoms in total. The summed E-state index contributed by atoms with van der Waals surface area (Å²) in [5, 5.41) is 1.13. The van der Waals surface area contributed by atoms with Crippen LogP contribution in [0.3, 0.4) is 0 Å². The van der Waals surface area contributed by atoms with Gasteiger partial charge in [0.2, 0.25) is 0 Å². The first-order valence-electron chi connectivity index (χ1n) is 6.52. The fourth-order valence-corrected chi connectivity index (χ4v) is 1.65. The molecule has 0 N–H and O–H groups in total. The van der Waals surface area contributed by atoms with E-state index in [2.05, 4.69) is 22.6 Å². The van der Waals surface area contributed by atoms with Gasteiger partial charge in [0, 0.05) is 11.6 Å². The second-order valence-electron chi connectivity index (χ2n) is 3.56. The van der Waals surface area contributed by atoms with E-state index in [0.29, 0.717) is 0 Å². The Kier molecular flexibility index (Phi) is 6.23. The molecule has 19 heavy (non-hydrogen) atoms. The smallest absolute Gasteiger partial charge is 0.0893 e. The fourth-order valence-electron chi connectivity index (χ4n) is 1.65. The molecule has 0 saturated heterocycles. The average Bonchev–Trinajstić information content (AvgIpc) is 2.48. The highest BCUT2D eigenvalue weighted by Crippen LogP contribution is 2.18. The molecule has 2 aromatic rings. The van der Waals surface area contributed by atoms with Gasteiger partial charge in [0.1, 0.15) is 0 Å². The summed E-state index contributed by atoms with van der Waals surface area (Å²) in [4.78, 5) is 8.88. The predicted octanol–water partition coefficient (Wildman–Crippen LogP) is 4.88. The van der Waals surface area contributed by atoms with E-state index in [4.69, 9.17) is 0 Å². The summed E-state index contributed by atoms with van der Waals surface area (Å²) in [6, 6.07) is 12.1. The number of pyridine rings is 1. The van der Waals surface area contributed by atoms with Gasteiger partial charge in [-0.2, -0.15) is 0 Å². The molecular weight excluding hydrogens is 232 g/mol. The van der Waals surface area contributed by atoms with Crippen LogP contribution >= 0.6 is 0 Å². The zero-order valence-electron chi connectivity index (χ0n) is 11.8. The van der Waals surface area contributed by atoms with Crippen molar-refractivity contribution < 1.29 is 0 Å². The Morgan fingerprint density at radius 1 is 1.16 bits per heavy atom. The molecule has 1 aromatic carbocycles. The van der Waals surface area contributed by atoms with Crippen molar-refractivity contribution >= 4 is 22.8 Å². The normalized spacial score (nSPS) is 11.2. The standard InChI is InChI=1S/C15H14N2.C2H6/c1-3-7-14(16-4-2)15-11-10-12-8-5-6-9-13(12)17-15;1-2/h3-11H,1H2,2H3;1-2H3/b14-7-,16-4?;. The zero-order chi connectivity index (χ0) is 14.1. The van der Waals surface area contributed by atoms with Gasteiger partial charge in [-0.15, -0.1) is 0 Å². The molecular formula is C17H20N2. The zero-order valence-corrected chi connectivity index (χ0v) is 11.8. The van der Waals surface area contributed by atoms with Crippen LogP contribution in [0.15, 0.2) is 60.1 Å². The first kappa shape index (κ1) is 14.8. The molecule has 0 atom stereocenters. The highest BCUT2D eigenvalue weighted by molar-refractivity contribution is 5.81. The molecule has 0 aliphatic rings. The van der Waals surface area contributed by atoms with Crippen molar-refractivity contribution in [2.45, 2.75) is 20.8 Å². The van der Waals surface area contributed by atoms with E-state index in [1.165, 1.54) is 0 Å². The van der Waals surface area contributed by atoms with Gasteiger partial charge in [0.05, 0.1) is 16.9 Å². The number of hydrogen-bond donors (Lipinski definition) is 0. The molecule has 2 heteroatoms. The van der Waals surface area contributed by atoms with Crippen LogP contribution in [0.5, 0.6) is 0 Å². The Hall–Kier alpha value is -2.22. The Labute approximate surface area is 115 Å². The minimum absolute atomic E-state index is 0.827. The number of nitrogens with zero attached hydrogens (tertiary/aromatic N) is 2. The second kappa shape index (κ2) is 7.98. The summed E-state index contributed by atoms with van der Waals surface area (Å²) in [7, 11) is 0. The average molecular weight is 252 g/mol. The van der Waals surface area contributed by atoms with E-state index in [-0.39, 0.29) is 0 Å². The van der Waals surface area contributed by atoms with Crippen molar-refractivity contribution in [3.05, 3.63) is 60.8 Å². The van der Waals surface area contributed by atoms with Gasteiger partial charge in [-0.1, -0.05) is 50.8 Å². The van der Waals surface area contributed by atoms with Crippen LogP contribution in [-0.4, -0.2) is 11.2 Å². The molecule has 0 aliphatic heterocycles. The number of rotatable bonds is 3. The van der Waals surface area contributed by atoms with Crippen LogP contribution in [0.4, 0.5) is 0 Å². The van der Waals surface area contributed by atoms with E-state index in [1.54, 1.807) is 12.3 Å². The fraction of sp³-hybridized carbons (Fsp3) is 0.176. The summed E-state index contributed by atoms with van der Waals surface area (Å²) in [5.74, 6) is 0. The number of benzene rings is 1. The molecule has 98 valence electrons. The van der Waals surface area contributed by atoms with E-state index >= 15 is 0 Å². The van der Waals surface area contributed by atoms with Crippen LogP contribution in [0.1, 0.15) is 26.5 Å². The van der Waals surface area contributed by atoms with Gasteiger partial charge in [0.15, 0.2) is 0 Å². The van der Waals surface area contributed by atoms with Crippen molar-refractivity contribution in [2.75, 3.05) is 0 Å². The molecule has 2 rings (SSSR count). The van der Waals surface area contributed by atoms with E-state index in [9.17, 15) is 0 Å². The van der Waals surface area contributed by atoms with Crippen LogP contribution < -0.4 is 0 Å². The number of aromatic nitrogens is 1. The Bertz CT molecular complexity index is 595. The minimum atomic E-state index is 0.827. The molecule has 0 bridgehead atoms. The number of aliphatic imine (C=N–C) groups is 1. The summed E-state index contributed by atoms with van der Waals surface area (Å²) < 4.78 is 0. The molecule has 0 aliphatic carbocycles. The summed E-state index contributed by atoms with van der Waals surface area (Å²) in [6.07, 6.45) is 5.34. The van der Waals surface area contributed by atoms with E-state index < -0.39 is 0 Å². The summed E-state index contributed by atoms with van der Waals surface area (Å²) >= 11 is 0. The van der Waals surface area contributed by atoms with Crippen LogP contribution in [0, 0.1) is 0 Å². The minimum Gasteiger partial charge on any atom is -0.259 e. The third-order valence-corrected chi connectivity index (χ3v) is 2.40. The maximum absolute atomic E-state index is 4.58. The number of allylic oxidation sites excluding steroid dienone is 2. The van der Waals surface area contributed by atoms with Gasteiger partial charge < -0.3 is 0 Å². The molecule has 1 aromatic heterocycles. The van der Waals surface area contributed by atoms with Crippen molar-refractivity contribution in [3.8, 4) is 0 Å². The first-order valence-corrected chi connectivity index (χ1v) is 6.52. The number of hydrogen-bond acceptors (Lipinski definition) is 2. The van der Waals surface area contributed by atoms with Gasteiger partial charge >= 0.3 is 0 Å². The molecule has 0 amide bonds. The quantitative estimate of drug-likeness (QED) is 0.564. The predicted molar refractivity (Wildman–Crippen MR) is 85.4 cm³/mol. The first-order chi connectivity index (χ1) is 9.35. The van der Waals surface area contributed by atoms with Crippen molar-refractivity contribution in [1.29, 1.82) is 0 Å². The molecule has 0 fully saturated rings. The lowest BCUT2D eigenvalue weighted by Gasteiger charge is -2.02. The Morgan fingerprint density at radius 2 is 1.89 bits per heavy atom. The summed E-state index contributed by atoms with van der Waals surface area (Å²) in [6.45, 7) is 9.58. The number of fused-ring (bicyclic) bond motifs is 1. The lowest BCUT2D eigenvalue weighted by atomic mass is 10.2. The molecule has 0 spiro atoms. The summed E-state index contributed by atoms with van der Waals surface area (Å²) in [5.41, 5.74) is 2.67. The Morgan fingerprint density at radius 3 is 2.58 bits per heavy atom. The molecule has 0 saturated carbocycles. The SMILES string of the molecule is C=C/C=C(\N=CC)c1ccc2ccccc2n1.CC. The van der Waals surface area contributed by atoms with Crippen molar-refractivity contribution in [3.63, 3.8) is 0 Å². The largest absolute Gasteiger partial charge is 0.259 e. The molecule has 0 unspecified atom stereocenters. The monoisotopic (exact) mass is 252 g/mol. The maximum atomic E-state index is 4.58.